The van der Waals surface area contributed by atoms with Gasteiger partial charge >= 0.3 is 0 Å². The summed E-state index contributed by atoms with van der Waals surface area (Å²) in [4.78, 5) is 0. The fraction of sp³-hybridized carbons (Fsp3) is 0.500. The standard InChI is InChI=1S/C12H14O3/c13-9-5-4-6-10-11(9)15-12(14-10)7-2-1-3-8-12/h4-6,13H,1-3,7-8H2. The highest BCUT2D eigenvalue weighted by atomic mass is 16.7. The fourth-order valence-electron chi connectivity index (χ4n) is 2.39. The Morgan fingerprint density at radius 1 is 1.07 bits per heavy atom. The van der Waals surface area contributed by atoms with Crippen LogP contribution in [0.2, 0.25) is 0 Å². The number of rotatable bonds is 0. The number of para-hydroxylation sites is 1. The molecular formula is C12H14O3. The molecule has 0 amide bonds. The van der Waals surface area contributed by atoms with Crippen molar-refractivity contribution in [2.45, 2.75) is 37.9 Å². The average Bonchev–Trinajstić information content (AvgIpc) is 2.59. The van der Waals surface area contributed by atoms with Gasteiger partial charge in [-0.25, -0.2) is 0 Å². The molecule has 3 nitrogen and oxygen atoms in total. The molecule has 0 saturated heterocycles. The van der Waals surface area contributed by atoms with Gasteiger partial charge in [-0.3, -0.25) is 0 Å². The van der Waals surface area contributed by atoms with Gasteiger partial charge in [-0.1, -0.05) is 12.5 Å². The number of ether oxygens (including phenoxy) is 2. The summed E-state index contributed by atoms with van der Waals surface area (Å²) in [6.07, 6.45) is 5.35. The molecular weight excluding hydrogens is 192 g/mol. The number of phenols is 1. The number of fused-ring (bicyclic) bond motifs is 1. The van der Waals surface area contributed by atoms with Crippen molar-refractivity contribution in [1.82, 2.24) is 0 Å². The predicted octanol–water partition coefficient (Wildman–Crippen LogP) is 2.82. The fourth-order valence-corrected chi connectivity index (χ4v) is 2.39. The van der Waals surface area contributed by atoms with Crippen molar-refractivity contribution in [2.75, 3.05) is 0 Å². The molecule has 3 heteroatoms. The van der Waals surface area contributed by atoms with Crippen LogP contribution < -0.4 is 9.47 Å². The molecule has 0 atom stereocenters. The van der Waals surface area contributed by atoms with Gasteiger partial charge in [0.15, 0.2) is 11.5 Å². The first-order valence-electron chi connectivity index (χ1n) is 5.49. The molecule has 80 valence electrons. The lowest BCUT2D eigenvalue weighted by molar-refractivity contribution is -0.105. The van der Waals surface area contributed by atoms with E-state index in [4.69, 9.17) is 9.47 Å². The lowest BCUT2D eigenvalue weighted by atomic mass is 9.94. The highest BCUT2D eigenvalue weighted by molar-refractivity contribution is 5.52. The first kappa shape index (κ1) is 8.89. The molecule has 1 aliphatic heterocycles. The summed E-state index contributed by atoms with van der Waals surface area (Å²) < 4.78 is 11.6. The van der Waals surface area contributed by atoms with Crippen LogP contribution in [0, 0.1) is 0 Å². The van der Waals surface area contributed by atoms with Gasteiger partial charge in [-0.15, -0.1) is 0 Å². The normalized spacial score (nSPS) is 21.9. The quantitative estimate of drug-likeness (QED) is 0.709. The molecule has 2 aliphatic rings. The summed E-state index contributed by atoms with van der Waals surface area (Å²) in [5, 5.41) is 9.64. The number of benzene rings is 1. The summed E-state index contributed by atoms with van der Waals surface area (Å²) in [6, 6.07) is 5.25. The highest BCUT2D eigenvalue weighted by Gasteiger charge is 2.43. The minimum absolute atomic E-state index is 0.176. The molecule has 1 fully saturated rings. The van der Waals surface area contributed by atoms with Crippen LogP contribution in [0.1, 0.15) is 32.1 Å². The summed E-state index contributed by atoms with van der Waals surface area (Å²) in [5.41, 5.74) is 0. The molecule has 1 saturated carbocycles. The van der Waals surface area contributed by atoms with Crippen LogP contribution in [0.25, 0.3) is 0 Å². The Morgan fingerprint density at radius 3 is 2.60 bits per heavy atom. The summed E-state index contributed by atoms with van der Waals surface area (Å²) in [7, 11) is 0. The van der Waals surface area contributed by atoms with Crippen LogP contribution in [0.4, 0.5) is 0 Å². The SMILES string of the molecule is Oc1cccc2c1OC1(CCCCC1)O2. The molecule has 1 spiro atoms. The molecule has 0 radical (unpaired) electrons. The van der Waals surface area contributed by atoms with E-state index in [0.717, 1.165) is 25.7 Å². The summed E-state index contributed by atoms with van der Waals surface area (Å²) >= 11 is 0. The third kappa shape index (κ3) is 1.34. The van der Waals surface area contributed by atoms with Crippen molar-refractivity contribution < 1.29 is 14.6 Å². The van der Waals surface area contributed by atoms with Gasteiger partial charge in [-0.2, -0.15) is 0 Å². The van der Waals surface area contributed by atoms with E-state index in [9.17, 15) is 5.11 Å². The van der Waals surface area contributed by atoms with Gasteiger partial charge in [0.2, 0.25) is 5.75 Å². The molecule has 1 aliphatic carbocycles. The Kier molecular flexibility index (Phi) is 1.81. The largest absolute Gasteiger partial charge is 0.504 e. The molecule has 1 aromatic rings. The summed E-state index contributed by atoms with van der Waals surface area (Å²) in [6.45, 7) is 0. The van der Waals surface area contributed by atoms with E-state index in [1.54, 1.807) is 12.1 Å². The monoisotopic (exact) mass is 206 g/mol. The minimum Gasteiger partial charge on any atom is -0.504 e. The van der Waals surface area contributed by atoms with Crippen LogP contribution in [-0.2, 0) is 0 Å². The van der Waals surface area contributed by atoms with Gasteiger partial charge in [0.05, 0.1) is 0 Å². The predicted molar refractivity (Wildman–Crippen MR) is 55.2 cm³/mol. The second kappa shape index (κ2) is 3.05. The zero-order chi connectivity index (χ0) is 10.3. The molecule has 1 aromatic carbocycles. The van der Waals surface area contributed by atoms with Crippen molar-refractivity contribution in [3.05, 3.63) is 18.2 Å². The number of hydrogen-bond acceptors (Lipinski definition) is 3. The van der Waals surface area contributed by atoms with Crippen molar-refractivity contribution in [3.63, 3.8) is 0 Å². The summed E-state index contributed by atoms with van der Waals surface area (Å²) in [5.74, 6) is 0.880. The van der Waals surface area contributed by atoms with E-state index in [1.165, 1.54) is 6.42 Å². The third-order valence-corrected chi connectivity index (χ3v) is 3.16. The van der Waals surface area contributed by atoms with E-state index in [1.807, 2.05) is 6.07 Å². The van der Waals surface area contributed by atoms with Crippen LogP contribution in [0.5, 0.6) is 17.2 Å². The number of hydrogen-bond donors (Lipinski definition) is 1. The molecule has 15 heavy (non-hydrogen) atoms. The molecule has 3 rings (SSSR count). The molecule has 0 bridgehead atoms. The highest BCUT2D eigenvalue weighted by Crippen LogP contribution is 2.49. The Morgan fingerprint density at radius 2 is 1.87 bits per heavy atom. The Labute approximate surface area is 88.6 Å². The smallest absolute Gasteiger partial charge is 0.251 e. The Balaban J connectivity index is 1.94. The second-order valence-electron chi connectivity index (χ2n) is 4.28. The maximum absolute atomic E-state index is 9.64. The third-order valence-electron chi connectivity index (χ3n) is 3.16. The van der Waals surface area contributed by atoms with E-state index >= 15 is 0 Å². The van der Waals surface area contributed by atoms with Gasteiger partial charge in [0.1, 0.15) is 0 Å². The maximum Gasteiger partial charge on any atom is 0.251 e. The van der Waals surface area contributed by atoms with E-state index in [0.29, 0.717) is 11.5 Å². The first-order valence-corrected chi connectivity index (χ1v) is 5.49. The molecule has 1 heterocycles. The second-order valence-corrected chi connectivity index (χ2v) is 4.28. The number of aromatic hydroxyl groups is 1. The van der Waals surface area contributed by atoms with Crippen molar-refractivity contribution >= 4 is 0 Å². The van der Waals surface area contributed by atoms with Crippen molar-refractivity contribution in [1.29, 1.82) is 0 Å². The van der Waals surface area contributed by atoms with Crippen LogP contribution in [0.3, 0.4) is 0 Å². The van der Waals surface area contributed by atoms with Gasteiger partial charge in [0, 0.05) is 12.8 Å². The lowest BCUT2D eigenvalue weighted by Crippen LogP contribution is -2.40. The van der Waals surface area contributed by atoms with Crippen LogP contribution in [0.15, 0.2) is 18.2 Å². The molecule has 0 unspecified atom stereocenters. The van der Waals surface area contributed by atoms with Gasteiger partial charge < -0.3 is 14.6 Å². The van der Waals surface area contributed by atoms with Crippen LogP contribution in [-0.4, -0.2) is 10.9 Å². The van der Waals surface area contributed by atoms with Crippen molar-refractivity contribution in [2.24, 2.45) is 0 Å². The topological polar surface area (TPSA) is 38.7 Å². The Bertz CT molecular complexity index is 380. The molecule has 0 aromatic heterocycles. The van der Waals surface area contributed by atoms with Gasteiger partial charge in [-0.05, 0) is 25.0 Å². The number of phenolic OH excluding ortho intramolecular Hbond substituents is 1. The molecule has 1 N–H and O–H groups in total. The first-order chi connectivity index (χ1) is 7.29. The van der Waals surface area contributed by atoms with Crippen LogP contribution >= 0.6 is 0 Å². The van der Waals surface area contributed by atoms with E-state index < -0.39 is 5.79 Å². The zero-order valence-corrected chi connectivity index (χ0v) is 8.53. The van der Waals surface area contributed by atoms with Gasteiger partial charge in [0.25, 0.3) is 5.79 Å². The van der Waals surface area contributed by atoms with Crippen molar-refractivity contribution in [3.8, 4) is 17.2 Å². The van der Waals surface area contributed by atoms with E-state index in [-0.39, 0.29) is 5.75 Å². The maximum atomic E-state index is 9.64. The Hall–Kier alpha value is -1.38. The zero-order valence-electron chi connectivity index (χ0n) is 8.53. The average molecular weight is 206 g/mol. The minimum atomic E-state index is -0.487. The lowest BCUT2D eigenvalue weighted by Gasteiger charge is -2.31. The van der Waals surface area contributed by atoms with E-state index in [2.05, 4.69) is 0 Å².